The van der Waals surface area contributed by atoms with Gasteiger partial charge in [-0.15, -0.1) is 10.2 Å². The van der Waals surface area contributed by atoms with Crippen molar-refractivity contribution in [3.63, 3.8) is 0 Å². The van der Waals surface area contributed by atoms with Gasteiger partial charge in [-0.1, -0.05) is 6.07 Å². The monoisotopic (exact) mass is 197 g/mol. The van der Waals surface area contributed by atoms with Gasteiger partial charge in [-0.3, -0.25) is 0 Å². The van der Waals surface area contributed by atoms with Crippen molar-refractivity contribution in [3.8, 4) is 17.5 Å². The zero-order valence-corrected chi connectivity index (χ0v) is 7.75. The number of hydrogen-bond acceptors (Lipinski definition) is 5. The Balaban J connectivity index is 2.46. The van der Waals surface area contributed by atoms with Crippen LogP contribution in [0, 0.1) is 11.3 Å². The number of nitriles is 1. The Hall–Kier alpha value is -2.48. The third kappa shape index (κ3) is 1.89. The van der Waals surface area contributed by atoms with Crippen molar-refractivity contribution in [2.24, 2.45) is 0 Å². The fraction of sp³-hybridized carbons (Fsp3) is 0. The Kier molecular flexibility index (Phi) is 2.25. The van der Waals surface area contributed by atoms with Gasteiger partial charge < -0.3 is 5.73 Å². The zero-order chi connectivity index (χ0) is 10.7. The lowest BCUT2D eigenvalue weighted by Crippen LogP contribution is -1.95. The summed E-state index contributed by atoms with van der Waals surface area (Å²) >= 11 is 0. The van der Waals surface area contributed by atoms with E-state index in [2.05, 4.69) is 15.2 Å². The van der Waals surface area contributed by atoms with E-state index >= 15 is 0 Å². The Morgan fingerprint density at radius 1 is 1.07 bits per heavy atom. The summed E-state index contributed by atoms with van der Waals surface area (Å²) in [6, 6.07) is 10.5. The highest BCUT2D eigenvalue weighted by molar-refractivity contribution is 5.55. The molecule has 2 rings (SSSR count). The smallest absolute Gasteiger partial charge is 0.146 e. The summed E-state index contributed by atoms with van der Waals surface area (Å²) in [5.41, 5.74) is 6.98. The van der Waals surface area contributed by atoms with Crippen molar-refractivity contribution in [1.82, 2.24) is 15.2 Å². The van der Waals surface area contributed by atoms with Gasteiger partial charge in [-0.05, 0) is 24.3 Å². The van der Waals surface area contributed by atoms with Crippen molar-refractivity contribution in [2.75, 3.05) is 5.73 Å². The minimum atomic E-state index is 0.353. The summed E-state index contributed by atoms with van der Waals surface area (Å²) < 4.78 is 0. The van der Waals surface area contributed by atoms with E-state index in [0.717, 1.165) is 0 Å². The number of pyridine rings is 1. The first kappa shape index (κ1) is 9.09. The van der Waals surface area contributed by atoms with Crippen molar-refractivity contribution < 1.29 is 0 Å². The molecule has 5 nitrogen and oxygen atoms in total. The Labute approximate surface area is 86.2 Å². The molecule has 0 spiro atoms. The van der Waals surface area contributed by atoms with E-state index in [0.29, 0.717) is 22.9 Å². The van der Waals surface area contributed by atoms with Gasteiger partial charge >= 0.3 is 0 Å². The van der Waals surface area contributed by atoms with Crippen LogP contribution in [-0.4, -0.2) is 15.2 Å². The molecule has 2 aromatic heterocycles. The van der Waals surface area contributed by atoms with E-state index in [1.54, 1.807) is 30.3 Å². The summed E-state index contributed by atoms with van der Waals surface area (Å²) in [6.07, 6.45) is 0. The summed E-state index contributed by atoms with van der Waals surface area (Å²) in [4.78, 5) is 4.09. The van der Waals surface area contributed by atoms with Gasteiger partial charge in [0, 0.05) is 0 Å². The molecule has 0 aliphatic carbocycles. The van der Waals surface area contributed by atoms with Crippen LogP contribution in [0.25, 0.3) is 11.4 Å². The number of nitrogens with zero attached hydrogens (tertiary/aromatic N) is 4. The summed E-state index contributed by atoms with van der Waals surface area (Å²) in [5, 5.41) is 16.3. The zero-order valence-electron chi connectivity index (χ0n) is 7.75. The Morgan fingerprint density at radius 2 is 1.93 bits per heavy atom. The summed E-state index contributed by atoms with van der Waals surface area (Å²) in [6.45, 7) is 0. The van der Waals surface area contributed by atoms with Crippen molar-refractivity contribution in [3.05, 3.63) is 36.0 Å². The van der Waals surface area contributed by atoms with Gasteiger partial charge in [-0.25, -0.2) is 4.98 Å². The van der Waals surface area contributed by atoms with E-state index in [4.69, 9.17) is 11.0 Å². The van der Waals surface area contributed by atoms with Crippen LogP contribution in [0.5, 0.6) is 0 Å². The number of anilines is 1. The van der Waals surface area contributed by atoms with Gasteiger partial charge in [0.25, 0.3) is 0 Å². The van der Waals surface area contributed by atoms with E-state index in [-0.39, 0.29) is 0 Å². The molecule has 15 heavy (non-hydrogen) atoms. The van der Waals surface area contributed by atoms with Crippen LogP contribution >= 0.6 is 0 Å². The highest BCUT2D eigenvalue weighted by Gasteiger charge is 2.02. The molecule has 0 aromatic carbocycles. The van der Waals surface area contributed by atoms with Gasteiger partial charge in [0.2, 0.25) is 0 Å². The highest BCUT2D eigenvalue weighted by atomic mass is 15.1. The second-order valence-electron chi connectivity index (χ2n) is 2.86. The predicted molar refractivity (Wildman–Crippen MR) is 54.4 cm³/mol. The SMILES string of the molecule is N#Cc1cccc(-c2ccc(N)nn2)n1. The van der Waals surface area contributed by atoms with Gasteiger partial charge in [0.15, 0.2) is 0 Å². The topological polar surface area (TPSA) is 88.5 Å². The number of aromatic nitrogens is 3. The first-order valence-electron chi connectivity index (χ1n) is 4.26. The van der Waals surface area contributed by atoms with Crippen LogP contribution in [-0.2, 0) is 0 Å². The predicted octanol–water partition coefficient (Wildman–Crippen LogP) is 0.992. The molecule has 0 aliphatic heterocycles. The lowest BCUT2D eigenvalue weighted by Gasteiger charge is -1.98. The fourth-order valence-corrected chi connectivity index (χ4v) is 1.12. The third-order valence-corrected chi connectivity index (χ3v) is 1.81. The molecule has 0 unspecified atom stereocenters. The lowest BCUT2D eigenvalue weighted by molar-refractivity contribution is 1.04. The van der Waals surface area contributed by atoms with Crippen LogP contribution in [0.4, 0.5) is 5.82 Å². The number of nitrogens with two attached hydrogens (primary N) is 1. The van der Waals surface area contributed by atoms with E-state index in [9.17, 15) is 0 Å². The molecular formula is C10H7N5. The fourth-order valence-electron chi connectivity index (χ4n) is 1.12. The van der Waals surface area contributed by atoms with E-state index in [1.165, 1.54) is 0 Å². The van der Waals surface area contributed by atoms with Gasteiger partial charge in [0.05, 0.1) is 5.69 Å². The molecule has 0 bridgehead atoms. The Bertz CT molecular complexity index is 512. The van der Waals surface area contributed by atoms with Gasteiger partial charge in [0.1, 0.15) is 23.3 Å². The average Bonchev–Trinajstić information content (AvgIpc) is 2.30. The molecule has 2 aromatic rings. The first-order chi connectivity index (χ1) is 7.29. The maximum absolute atomic E-state index is 8.68. The maximum Gasteiger partial charge on any atom is 0.146 e. The van der Waals surface area contributed by atoms with Gasteiger partial charge in [-0.2, -0.15) is 5.26 Å². The van der Waals surface area contributed by atoms with Crippen LogP contribution < -0.4 is 5.73 Å². The highest BCUT2D eigenvalue weighted by Crippen LogP contribution is 2.13. The Morgan fingerprint density at radius 3 is 2.60 bits per heavy atom. The van der Waals surface area contributed by atoms with E-state index < -0.39 is 0 Å². The second kappa shape index (κ2) is 3.72. The molecule has 0 radical (unpaired) electrons. The molecule has 0 saturated carbocycles. The maximum atomic E-state index is 8.68. The normalized spacial score (nSPS) is 9.53. The van der Waals surface area contributed by atoms with Crippen LogP contribution in [0.2, 0.25) is 0 Å². The van der Waals surface area contributed by atoms with Crippen LogP contribution in [0.1, 0.15) is 5.69 Å². The molecular weight excluding hydrogens is 190 g/mol. The molecule has 0 saturated heterocycles. The number of nitrogen functional groups attached to an aromatic ring is 1. The lowest BCUT2D eigenvalue weighted by atomic mass is 10.2. The molecule has 0 atom stereocenters. The molecule has 2 N–H and O–H groups in total. The molecule has 0 aliphatic rings. The second-order valence-corrected chi connectivity index (χ2v) is 2.86. The minimum Gasteiger partial charge on any atom is -0.382 e. The van der Waals surface area contributed by atoms with Crippen LogP contribution in [0.15, 0.2) is 30.3 Å². The van der Waals surface area contributed by atoms with Crippen molar-refractivity contribution in [1.29, 1.82) is 5.26 Å². The third-order valence-electron chi connectivity index (χ3n) is 1.81. The standard InChI is InChI=1S/C10H7N5/c11-6-7-2-1-3-8(13-7)9-4-5-10(12)15-14-9/h1-5H,(H2,12,15). The number of hydrogen-bond donors (Lipinski definition) is 1. The van der Waals surface area contributed by atoms with E-state index in [1.807, 2.05) is 6.07 Å². The quantitative estimate of drug-likeness (QED) is 0.736. The average molecular weight is 197 g/mol. The first-order valence-corrected chi connectivity index (χ1v) is 4.26. The summed E-state index contributed by atoms with van der Waals surface area (Å²) in [5.74, 6) is 0.357. The minimum absolute atomic E-state index is 0.353. The molecule has 2 heterocycles. The molecule has 0 amide bonds. The molecule has 5 heteroatoms. The van der Waals surface area contributed by atoms with Crippen molar-refractivity contribution >= 4 is 5.82 Å². The number of rotatable bonds is 1. The largest absolute Gasteiger partial charge is 0.382 e. The van der Waals surface area contributed by atoms with Crippen LogP contribution in [0.3, 0.4) is 0 Å². The molecule has 0 fully saturated rings. The molecule has 72 valence electrons. The summed E-state index contributed by atoms with van der Waals surface area (Å²) in [7, 11) is 0. The van der Waals surface area contributed by atoms with Crippen molar-refractivity contribution in [2.45, 2.75) is 0 Å².